The molecule has 34 heavy (non-hydrogen) atoms. The first-order valence-electron chi connectivity index (χ1n) is 9.46. The minimum Gasteiger partial charge on any atom is -0.465 e. The molecule has 0 bridgehead atoms. The van der Waals surface area contributed by atoms with Crippen molar-refractivity contribution in [2.45, 2.75) is 25.9 Å². The summed E-state index contributed by atoms with van der Waals surface area (Å²) in [5.41, 5.74) is -3.80. The second kappa shape index (κ2) is 11.0. The Morgan fingerprint density at radius 2 is 1.53 bits per heavy atom. The number of nitrogens with one attached hydrogen (secondary N) is 1. The number of hydrogen-bond donors (Lipinski definition) is 1. The molecule has 0 spiro atoms. The van der Waals surface area contributed by atoms with Gasteiger partial charge in [0.25, 0.3) is 5.91 Å². The number of carbonyl (C=O) groups is 2. The van der Waals surface area contributed by atoms with Gasteiger partial charge in [0.05, 0.1) is 12.7 Å². The Bertz CT molecular complexity index is 1070. The molecule has 6 nitrogen and oxygen atoms in total. The van der Waals surface area contributed by atoms with Crippen molar-refractivity contribution in [3.8, 4) is 0 Å². The lowest BCUT2D eigenvalue weighted by molar-refractivity contribution is -0.143. The average Bonchev–Trinajstić information content (AvgIpc) is 2.79. The van der Waals surface area contributed by atoms with Crippen LogP contribution in [0.5, 0.6) is 0 Å². The fourth-order valence-corrected chi connectivity index (χ4v) is 2.64. The fourth-order valence-electron chi connectivity index (χ4n) is 2.64. The molecule has 0 saturated carbocycles. The van der Waals surface area contributed by atoms with Crippen molar-refractivity contribution in [2.24, 2.45) is 5.16 Å². The molecule has 1 amide bonds. The molecule has 0 fully saturated rings. The number of benzene rings is 2. The van der Waals surface area contributed by atoms with E-state index in [0.717, 1.165) is 12.5 Å². The third-order valence-electron chi connectivity index (χ3n) is 4.39. The fraction of sp³-hybridized carbons (Fsp3) is 0.286. The number of oxime groups is 1. The van der Waals surface area contributed by atoms with E-state index >= 15 is 0 Å². The number of methoxy groups -OCH3 is 1. The van der Waals surface area contributed by atoms with Gasteiger partial charge >= 0.3 is 12.1 Å². The highest BCUT2D eigenvalue weighted by Gasteiger charge is 2.42. The van der Waals surface area contributed by atoms with Crippen LogP contribution in [0.15, 0.2) is 29.4 Å². The minimum atomic E-state index is -5.70. The molecule has 13 heteroatoms. The molecule has 2 rings (SSSR count). The SMILES string of the molecule is COC(=O)c1ccc(CCCO/N=C(\C)C(=O)Nc2c(F)c(F)c(C(F)(F)F)c(F)c2F)cc1. The van der Waals surface area contributed by atoms with Gasteiger partial charge in [-0.1, -0.05) is 17.3 Å². The molecule has 184 valence electrons. The summed E-state index contributed by atoms with van der Waals surface area (Å²) in [7, 11) is 1.25. The normalized spacial score (nSPS) is 11.9. The zero-order chi connectivity index (χ0) is 25.6. The monoisotopic (exact) mass is 494 g/mol. The number of anilines is 1. The first-order valence-corrected chi connectivity index (χ1v) is 9.46. The number of carbonyl (C=O) groups excluding carboxylic acids is 2. The van der Waals surface area contributed by atoms with E-state index in [4.69, 9.17) is 4.84 Å². The Balaban J connectivity index is 1.96. The predicted molar refractivity (Wildman–Crippen MR) is 105 cm³/mol. The molecule has 2 aromatic carbocycles. The lowest BCUT2D eigenvalue weighted by Crippen LogP contribution is -2.24. The average molecular weight is 494 g/mol. The summed E-state index contributed by atoms with van der Waals surface area (Å²) in [5.74, 6) is -12.1. The van der Waals surface area contributed by atoms with Crippen LogP contribution in [0.25, 0.3) is 0 Å². The Morgan fingerprint density at radius 1 is 0.971 bits per heavy atom. The van der Waals surface area contributed by atoms with E-state index in [2.05, 4.69) is 9.89 Å². The summed E-state index contributed by atoms with van der Waals surface area (Å²) in [6.07, 6.45) is -4.79. The number of esters is 1. The van der Waals surface area contributed by atoms with Gasteiger partial charge in [-0.3, -0.25) is 4.79 Å². The third-order valence-corrected chi connectivity index (χ3v) is 4.39. The van der Waals surface area contributed by atoms with Crippen LogP contribution >= 0.6 is 0 Å². The van der Waals surface area contributed by atoms with Crippen molar-refractivity contribution in [3.63, 3.8) is 0 Å². The van der Waals surface area contributed by atoms with Crippen molar-refractivity contribution in [2.75, 3.05) is 19.0 Å². The van der Waals surface area contributed by atoms with Crippen LogP contribution in [0.4, 0.5) is 36.4 Å². The van der Waals surface area contributed by atoms with E-state index in [9.17, 15) is 40.3 Å². The smallest absolute Gasteiger partial charge is 0.422 e. The summed E-state index contributed by atoms with van der Waals surface area (Å²) >= 11 is 0. The summed E-state index contributed by atoms with van der Waals surface area (Å²) in [6, 6.07) is 6.53. The number of amides is 1. The zero-order valence-corrected chi connectivity index (χ0v) is 17.7. The standard InChI is InChI=1S/C21H17F7N2O4/c1-10(30-34-9-3-4-11-5-7-12(8-6-11)20(32)33-2)19(31)29-18-16(24)14(22)13(21(26,27)28)15(23)17(18)25/h5-8H,3-4,9H2,1-2H3,(H,29,31)/b30-10+. The third kappa shape index (κ3) is 6.23. The van der Waals surface area contributed by atoms with Gasteiger partial charge in [0.1, 0.15) is 23.6 Å². The molecule has 0 atom stereocenters. The number of alkyl halides is 3. The van der Waals surface area contributed by atoms with E-state index in [0.29, 0.717) is 18.4 Å². The van der Waals surface area contributed by atoms with Crippen LogP contribution < -0.4 is 5.32 Å². The summed E-state index contributed by atoms with van der Waals surface area (Å²) in [6.45, 7) is 1.03. The maximum Gasteiger partial charge on any atom is 0.422 e. The minimum absolute atomic E-state index is 0.00433. The van der Waals surface area contributed by atoms with Crippen molar-refractivity contribution < 1.29 is 49.9 Å². The molecule has 2 aromatic rings. The molecule has 0 aliphatic carbocycles. The van der Waals surface area contributed by atoms with E-state index in [1.165, 1.54) is 12.4 Å². The van der Waals surface area contributed by atoms with Crippen LogP contribution in [-0.2, 0) is 27.0 Å². The summed E-state index contributed by atoms with van der Waals surface area (Å²) < 4.78 is 97.4. The highest BCUT2D eigenvalue weighted by molar-refractivity contribution is 6.42. The summed E-state index contributed by atoms with van der Waals surface area (Å²) in [4.78, 5) is 28.2. The molecular formula is C21H17F7N2O4. The first-order chi connectivity index (χ1) is 15.9. The molecular weight excluding hydrogens is 477 g/mol. The van der Waals surface area contributed by atoms with E-state index in [1.807, 2.05) is 0 Å². The second-order valence-electron chi connectivity index (χ2n) is 6.76. The molecule has 0 radical (unpaired) electrons. The predicted octanol–water partition coefficient (Wildman–Crippen LogP) is 5.01. The van der Waals surface area contributed by atoms with Gasteiger partial charge in [0.2, 0.25) is 0 Å². The molecule has 0 aliphatic heterocycles. The Hall–Kier alpha value is -3.64. The molecule has 0 saturated heterocycles. The van der Waals surface area contributed by atoms with E-state index in [1.54, 1.807) is 24.3 Å². The van der Waals surface area contributed by atoms with Gasteiger partial charge in [-0.05, 0) is 37.5 Å². The maximum absolute atomic E-state index is 13.9. The quantitative estimate of drug-likeness (QED) is 0.140. The van der Waals surface area contributed by atoms with Crippen molar-refractivity contribution in [1.82, 2.24) is 0 Å². The molecule has 0 aliphatic rings. The van der Waals surface area contributed by atoms with Crippen LogP contribution in [-0.4, -0.2) is 31.3 Å². The van der Waals surface area contributed by atoms with Crippen LogP contribution in [0.1, 0.15) is 34.8 Å². The number of nitrogens with zero attached hydrogens (tertiary/aromatic N) is 1. The van der Waals surface area contributed by atoms with Crippen molar-refractivity contribution in [3.05, 3.63) is 64.2 Å². The summed E-state index contributed by atoms with van der Waals surface area (Å²) in [5, 5.41) is 4.83. The van der Waals surface area contributed by atoms with Gasteiger partial charge in [-0.25, -0.2) is 22.4 Å². The highest BCUT2D eigenvalue weighted by atomic mass is 19.4. The molecule has 0 heterocycles. The van der Waals surface area contributed by atoms with Crippen LogP contribution in [0, 0.1) is 23.3 Å². The first kappa shape index (κ1) is 26.6. The Kier molecular flexibility index (Phi) is 8.60. The number of halogens is 7. The van der Waals surface area contributed by atoms with E-state index < -0.39 is 58.3 Å². The van der Waals surface area contributed by atoms with Crippen molar-refractivity contribution >= 4 is 23.3 Å². The van der Waals surface area contributed by atoms with Gasteiger partial charge in [0, 0.05) is 0 Å². The van der Waals surface area contributed by atoms with Crippen LogP contribution in [0.3, 0.4) is 0 Å². The lowest BCUT2D eigenvalue weighted by Gasteiger charge is -2.14. The van der Waals surface area contributed by atoms with Crippen LogP contribution in [0.2, 0.25) is 0 Å². The van der Waals surface area contributed by atoms with Gasteiger partial charge < -0.3 is 14.9 Å². The van der Waals surface area contributed by atoms with Gasteiger partial charge in [-0.15, -0.1) is 0 Å². The second-order valence-corrected chi connectivity index (χ2v) is 6.76. The number of hydrogen-bond acceptors (Lipinski definition) is 5. The number of rotatable bonds is 8. The topological polar surface area (TPSA) is 77.0 Å². The molecule has 0 aromatic heterocycles. The van der Waals surface area contributed by atoms with E-state index in [-0.39, 0.29) is 6.61 Å². The maximum atomic E-state index is 13.9. The number of aryl methyl sites for hydroxylation is 1. The molecule has 1 N–H and O–H groups in total. The Morgan fingerprint density at radius 3 is 2.03 bits per heavy atom. The van der Waals surface area contributed by atoms with Crippen molar-refractivity contribution in [1.29, 1.82) is 0 Å². The highest BCUT2D eigenvalue weighted by Crippen LogP contribution is 2.38. The largest absolute Gasteiger partial charge is 0.465 e. The Labute approximate surface area is 188 Å². The zero-order valence-electron chi connectivity index (χ0n) is 17.7. The molecule has 0 unspecified atom stereocenters. The number of ether oxygens (including phenoxy) is 1. The van der Waals surface area contributed by atoms with Gasteiger partial charge in [-0.2, -0.15) is 13.2 Å². The lowest BCUT2D eigenvalue weighted by atomic mass is 10.1. The van der Waals surface area contributed by atoms with Gasteiger partial charge in [0.15, 0.2) is 23.3 Å².